The number of likely N-dealkylation sites (tertiary alicyclic amines) is 1. The number of unbranched alkanes of at least 4 members (excludes halogenated alkanes) is 3. The van der Waals surface area contributed by atoms with Crippen molar-refractivity contribution in [3.8, 4) is 6.07 Å². The number of piperidine rings is 1. The van der Waals surface area contributed by atoms with E-state index in [2.05, 4.69) is 26.8 Å². The maximum Gasteiger partial charge on any atom is 0.409 e. The van der Waals surface area contributed by atoms with Crippen molar-refractivity contribution in [3.05, 3.63) is 0 Å². The van der Waals surface area contributed by atoms with E-state index < -0.39 is 0 Å². The Morgan fingerprint density at radius 1 is 1.40 bits per heavy atom. The lowest BCUT2D eigenvalue weighted by molar-refractivity contribution is 0.0694. The van der Waals surface area contributed by atoms with E-state index >= 15 is 0 Å². The van der Waals surface area contributed by atoms with Gasteiger partial charge in [-0.05, 0) is 24.7 Å². The van der Waals surface area contributed by atoms with Gasteiger partial charge < -0.3 is 9.64 Å². The Morgan fingerprint density at radius 2 is 2.15 bits per heavy atom. The lowest BCUT2D eigenvalue weighted by Crippen LogP contribution is -2.45. The molecule has 0 bridgehead atoms. The molecule has 0 spiro atoms. The van der Waals surface area contributed by atoms with Crippen LogP contribution in [0, 0.1) is 29.1 Å². The Hall–Kier alpha value is -1.24. The number of amides is 1. The van der Waals surface area contributed by atoms with Crippen molar-refractivity contribution >= 4 is 6.09 Å². The van der Waals surface area contributed by atoms with E-state index in [9.17, 15) is 10.1 Å². The van der Waals surface area contributed by atoms with Gasteiger partial charge in [-0.2, -0.15) is 5.26 Å². The molecule has 0 aromatic carbocycles. The molecule has 0 saturated carbocycles. The maximum absolute atomic E-state index is 12.0. The van der Waals surface area contributed by atoms with E-state index in [0.29, 0.717) is 25.0 Å². The number of carbonyl (C=O) groups excluding carboxylic acids is 1. The predicted octanol–water partition coefficient (Wildman–Crippen LogP) is 3.82. The molecule has 2 unspecified atom stereocenters. The summed E-state index contributed by atoms with van der Waals surface area (Å²) >= 11 is 0. The monoisotopic (exact) mass is 280 g/mol. The number of ether oxygens (including phenoxy) is 1. The second-order valence-electron chi connectivity index (χ2n) is 6.05. The zero-order valence-electron chi connectivity index (χ0n) is 13.1. The van der Waals surface area contributed by atoms with Crippen molar-refractivity contribution in [3.63, 3.8) is 0 Å². The van der Waals surface area contributed by atoms with E-state index in [1.807, 2.05) is 0 Å². The normalized spacial score (nSPS) is 22.6. The standard InChI is InChI=1S/C16H28N2O2/c1-4-5-6-7-10-20-16(19)18-9-8-15(13(2)3)14(11-17)12-18/h13-15H,4-10,12H2,1-3H3. The minimum absolute atomic E-state index is 0.0589. The summed E-state index contributed by atoms with van der Waals surface area (Å²) in [6.07, 6.45) is 5.07. The van der Waals surface area contributed by atoms with Crippen LogP contribution in [-0.4, -0.2) is 30.7 Å². The molecule has 4 nitrogen and oxygen atoms in total. The molecule has 2 atom stereocenters. The first-order valence-corrected chi connectivity index (χ1v) is 7.91. The van der Waals surface area contributed by atoms with Crippen LogP contribution < -0.4 is 0 Å². The van der Waals surface area contributed by atoms with Crippen molar-refractivity contribution in [2.45, 2.75) is 52.9 Å². The molecule has 114 valence electrons. The third kappa shape index (κ3) is 5.03. The number of hydrogen-bond acceptors (Lipinski definition) is 3. The summed E-state index contributed by atoms with van der Waals surface area (Å²) in [7, 11) is 0. The molecule has 1 aliphatic rings. The molecule has 0 radical (unpaired) electrons. The Bertz CT molecular complexity index is 336. The summed E-state index contributed by atoms with van der Waals surface area (Å²) < 4.78 is 5.29. The van der Waals surface area contributed by atoms with Crippen molar-refractivity contribution in [2.24, 2.45) is 17.8 Å². The van der Waals surface area contributed by atoms with Crippen molar-refractivity contribution in [1.29, 1.82) is 5.26 Å². The summed E-state index contributed by atoms with van der Waals surface area (Å²) in [5.41, 5.74) is 0. The second kappa shape index (κ2) is 8.84. The van der Waals surface area contributed by atoms with E-state index in [4.69, 9.17) is 4.74 Å². The molecule has 1 rings (SSSR count). The van der Waals surface area contributed by atoms with Crippen LogP contribution in [0.3, 0.4) is 0 Å². The van der Waals surface area contributed by atoms with Crippen molar-refractivity contribution < 1.29 is 9.53 Å². The second-order valence-corrected chi connectivity index (χ2v) is 6.05. The molecule has 1 saturated heterocycles. The predicted molar refractivity (Wildman–Crippen MR) is 79.1 cm³/mol. The quantitative estimate of drug-likeness (QED) is 0.695. The highest BCUT2D eigenvalue weighted by molar-refractivity contribution is 5.67. The van der Waals surface area contributed by atoms with Gasteiger partial charge in [0.1, 0.15) is 0 Å². The summed E-state index contributed by atoms with van der Waals surface area (Å²) in [6, 6.07) is 2.35. The summed E-state index contributed by atoms with van der Waals surface area (Å²) in [6.45, 7) is 8.20. The fraction of sp³-hybridized carbons (Fsp3) is 0.875. The van der Waals surface area contributed by atoms with Gasteiger partial charge in [0.25, 0.3) is 0 Å². The number of carbonyl (C=O) groups is 1. The molecule has 4 heteroatoms. The van der Waals surface area contributed by atoms with Crippen LogP contribution in [0.4, 0.5) is 4.79 Å². The van der Waals surface area contributed by atoms with Gasteiger partial charge in [0.15, 0.2) is 0 Å². The van der Waals surface area contributed by atoms with Crippen LogP contribution >= 0.6 is 0 Å². The van der Waals surface area contributed by atoms with Crippen LogP contribution in [0.2, 0.25) is 0 Å². The first-order chi connectivity index (χ1) is 9.60. The number of nitrogens with zero attached hydrogens (tertiary/aromatic N) is 2. The van der Waals surface area contributed by atoms with E-state index in [1.165, 1.54) is 12.8 Å². The molecule has 20 heavy (non-hydrogen) atoms. The van der Waals surface area contributed by atoms with Gasteiger partial charge in [-0.25, -0.2) is 4.79 Å². The maximum atomic E-state index is 12.0. The van der Waals surface area contributed by atoms with Gasteiger partial charge in [-0.3, -0.25) is 0 Å². The fourth-order valence-electron chi connectivity index (χ4n) is 2.85. The summed E-state index contributed by atoms with van der Waals surface area (Å²) in [5.74, 6) is 0.830. The van der Waals surface area contributed by atoms with Gasteiger partial charge in [0.05, 0.1) is 18.6 Å². The van der Waals surface area contributed by atoms with Gasteiger partial charge in [-0.1, -0.05) is 40.0 Å². The molecule has 1 fully saturated rings. The Balaban J connectivity index is 2.34. The SMILES string of the molecule is CCCCCCOC(=O)N1CCC(C(C)C)C(C#N)C1. The topological polar surface area (TPSA) is 53.3 Å². The van der Waals surface area contributed by atoms with Gasteiger partial charge in [0, 0.05) is 13.1 Å². The van der Waals surface area contributed by atoms with Crippen molar-refractivity contribution in [2.75, 3.05) is 19.7 Å². The lowest BCUT2D eigenvalue weighted by atomic mass is 9.79. The van der Waals surface area contributed by atoms with Gasteiger partial charge in [-0.15, -0.1) is 0 Å². The molecule has 1 heterocycles. The van der Waals surface area contributed by atoms with Gasteiger partial charge in [0.2, 0.25) is 0 Å². The van der Waals surface area contributed by atoms with Crippen LogP contribution in [0.1, 0.15) is 52.9 Å². The Labute approximate surface area is 123 Å². The molecular formula is C16H28N2O2. The molecule has 0 N–H and O–H groups in total. The van der Waals surface area contributed by atoms with Crippen LogP contribution in [0.15, 0.2) is 0 Å². The average molecular weight is 280 g/mol. The number of nitriles is 1. The molecule has 0 aliphatic carbocycles. The highest BCUT2D eigenvalue weighted by atomic mass is 16.6. The van der Waals surface area contributed by atoms with Crippen LogP contribution in [0.5, 0.6) is 0 Å². The zero-order valence-corrected chi connectivity index (χ0v) is 13.1. The first kappa shape index (κ1) is 16.8. The smallest absolute Gasteiger partial charge is 0.409 e. The first-order valence-electron chi connectivity index (χ1n) is 7.91. The molecule has 1 aliphatic heterocycles. The Morgan fingerprint density at radius 3 is 2.75 bits per heavy atom. The average Bonchev–Trinajstić information content (AvgIpc) is 2.45. The van der Waals surface area contributed by atoms with E-state index in [0.717, 1.165) is 25.8 Å². The number of rotatable bonds is 6. The van der Waals surface area contributed by atoms with Crippen molar-refractivity contribution in [1.82, 2.24) is 4.90 Å². The number of hydrogen-bond donors (Lipinski definition) is 0. The Kier molecular flexibility index (Phi) is 7.43. The zero-order chi connectivity index (χ0) is 15.0. The fourth-order valence-corrected chi connectivity index (χ4v) is 2.85. The highest BCUT2D eigenvalue weighted by Gasteiger charge is 2.33. The minimum atomic E-state index is -0.246. The third-order valence-electron chi connectivity index (χ3n) is 4.17. The minimum Gasteiger partial charge on any atom is -0.449 e. The molecule has 0 aromatic heterocycles. The van der Waals surface area contributed by atoms with Gasteiger partial charge >= 0.3 is 6.09 Å². The van der Waals surface area contributed by atoms with Crippen LogP contribution in [0.25, 0.3) is 0 Å². The third-order valence-corrected chi connectivity index (χ3v) is 4.17. The lowest BCUT2D eigenvalue weighted by Gasteiger charge is -2.36. The molecular weight excluding hydrogens is 252 g/mol. The van der Waals surface area contributed by atoms with Crippen LogP contribution in [-0.2, 0) is 4.74 Å². The van der Waals surface area contributed by atoms with E-state index in [-0.39, 0.29) is 12.0 Å². The highest BCUT2D eigenvalue weighted by Crippen LogP contribution is 2.29. The largest absolute Gasteiger partial charge is 0.449 e. The summed E-state index contributed by atoms with van der Waals surface area (Å²) in [4.78, 5) is 13.7. The van der Waals surface area contributed by atoms with E-state index in [1.54, 1.807) is 4.90 Å². The molecule has 1 amide bonds. The molecule has 0 aromatic rings. The summed E-state index contributed by atoms with van der Waals surface area (Å²) in [5, 5.41) is 9.25.